The lowest BCUT2D eigenvalue weighted by atomic mass is 10.1. The van der Waals surface area contributed by atoms with Crippen molar-refractivity contribution in [1.82, 2.24) is 23.9 Å². The van der Waals surface area contributed by atoms with Gasteiger partial charge in [-0.05, 0) is 31.2 Å². The first-order valence-corrected chi connectivity index (χ1v) is 12.9. The fourth-order valence-electron chi connectivity index (χ4n) is 4.01. The van der Waals surface area contributed by atoms with E-state index in [0.29, 0.717) is 9.59 Å². The first-order chi connectivity index (χ1) is 19.2. The van der Waals surface area contributed by atoms with Crippen LogP contribution in [0.5, 0.6) is 0 Å². The minimum Gasteiger partial charge on any atom is -0.455 e. The maximum atomic E-state index is 14.9. The van der Waals surface area contributed by atoms with Gasteiger partial charge in [-0.1, -0.05) is 53.0 Å². The third-order valence-corrected chi connectivity index (χ3v) is 6.78. The second-order valence-electron chi connectivity index (χ2n) is 8.81. The maximum Gasteiger partial charge on any atom is 0.416 e. The van der Waals surface area contributed by atoms with Gasteiger partial charge in [-0.3, -0.25) is 13.9 Å². The Balaban J connectivity index is 1.86. The molecular formula is C25H20Cl3F4N5O4. The lowest BCUT2D eigenvalue weighted by Gasteiger charge is -2.16. The monoisotopic (exact) mass is 635 g/mol. The molecule has 16 heteroatoms. The van der Waals surface area contributed by atoms with Gasteiger partial charge in [0.15, 0.2) is 29.7 Å². The molecule has 4 aromatic rings. The summed E-state index contributed by atoms with van der Waals surface area (Å²) in [4.78, 5) is 29.3. The van der Waals surface area contributed by atoms with Crippen molar-refractivity contribution in [1.29, 1.82) is 0 Å². The van der Waals surface area contributed by atoms with Crippen LogP contribution >= 0.6 is 34.8 Å². The van der Waals surface area contributed by atoms with Crippen molar-refractivity contribution >= 4 is 40.8 Å². The highest BCUT2D eigenvalue weighted by Gasteiger charge is 2.39. The zero-order chi connectivity index (χ0) is 30.2. The second-order valence-corrected chi connectivity index (χ2v) is 10.0. The van der Waals surface area contributed by atoms with Gasteiger partial charge in [-0.2, -0.15) is 13.2 Å². The molecule has 0 saturated carbocycles. The number of aliphatic hydroxyl groups is 1. The molecule has 0 unspecified atom stereocenters. The molecular weight excluding hydrogens is 617 g/mol. The van der Waals surface area contributed by atoms with Crippen LogP contribution < -0.4 is 5.69 Å². The van der Waals surface area contributed by atoms with Crippen molar-refractivity contribution < 1.29 is 32.2 Å². The Kier molecular flexibility index (Phi) is 8.83. The van der Waals surface area contributed by atoms with E-state index in [9.17, 15) is 32.3 Å². The molecule has 4 rings (SSSR count). The van der Waals surface area contributed by atoms with Crippen LogP contribution in [-0.2, 0) is 22.6 Å². The van der Waals surface area contributed by atoms with Crippen LogP contribution in [0.4, 0.5) is 17.6 Å². The predicted molar refractivity (Wildman–Crippen MR) is 142 cm³/mol. The Morgan fingerprint density at radius 1 is 1.10 bits per heavy atom. The smallest absolute Gasteiger partial charge is 0.416 e. The van der Waals surface area contributed by atoms with Gasteiger partial charge in [0.25, 0.3) is 0 Å². The van der Waals surface area contributed by atoms with Gasteiger partial charge in [-0.15, -0.1) is 5.10 Å². The van der Waals surface area contributed by atoms with E-state index >= 15 is 0 Å². The van der Waals surface area contributed by atoms with Gasteiger partial charge in [0.2, 0.25) is 0 Å². The minimum atomic E-state index is -5.02. The van der Waals surface area contributed by atoms with E-state index in [1.54, 1.807) is 0 Å². The number of carbonyl (C=O) groups is 1. The highest BCUT2D eigenvalue weighted by atomic mass is 35.5. The third-order valence-electron chi connectivity index (χ3n) is 5.86. The molecule has 0 saturated heterocycles. The number of benzene rings is 2. The summed E-state index contributed by atoms with van der Waals surface area (Å²) in [5.41, 5.74) is -1.03. The van der Waals surface area contributed by atoms with Crippen molar-refractivity contribution in [2.45, 2.75) is 45.3 Å². The molecule has 9 nitrogen and oxygen atoms in total. The average Bonchev–Trinajstić information content (AvgIpc) is 3.40. The molecule has 41 heavy (non-hydrogen) atoms. The minimum absolute atomic E-state index is 0.0367. The number of alkyl halides is 3. The Morgan fingerprint density at radius 2 is 1.76 bits per heavy atom. The van der Waals surface area contributed by atoms with E-state index in [2.05, 4.69) is 10.1 Å². The number of halogens is 7. The van der Waals surface area contributed by atoms with E-state index in [1.165, 1.54) is 49.4 Å². The largest absolute Gasteiger partial charge is 0.455 e. The Labute approximate surface area is 244 Å². The summed E-state index contributed by atoms with van der Waals surface area (Å²) in [6, 6.07) is 9.89. The second kappa shape index (κ2) is 11.8. The van der Waals surface area contributed by atoms with E-state index < -0.39 is 49.0 Å². The number of hydrogen-bond acceptors (Lipinski definition) is 6. The number of carbonyl (C=O) groups excluding carboxylic acids is 1. The molecule has 0 radical (unpaired) electrons. The van der Waals surface area contributed by atoms with Gasteiger partial charge in [0.1, 0.15) is 10.8 Å². The van der Waals surface area contributed by atoms with Gasteiger partial charge in [-0.25, -0.2) is 18.9 Å². The summed E-state index contributed by atoms with van der Waals surface area (Å²) < 4.78 is 62.4. The lowest BCUT2D eigenvalue weighted by molar-refractivity contribution is -0.207. The standard InChI is InChI=1S/C25H20Cl3F4N5O4/c1-12(41-13(2)38)23-33-19(34-37(23)17-5-3-4-16(27)20(17)29)11-36-22(28)21(14-6-8-15(26)9-7-14)35(24(36)40)10-18(39)25(30,31)32/h3-9,12,18,39H,10-11H2,1-2H3/t12-,18-/m0/s1. The molecule has 0 bridgehead atoms. The van der Waals surface area contributed by atoms with Gasteiger partial charge in [0.05, 0.1) is 23.8 Å². The molecule has 218 valence electrons. The van der Waals surface area contributed by atoms with Gasteiger partial charge >= 0.3 is 17.8 Å². The molecule has 0 aliphatic heterocycles. The van der Waals surface area contributed by atoms with Crippen LogP contribution in [0.1, 0.15) is 31.6 Å². The van der Waals surface area contributed by atoms with Crippen molar-refractivity contribution in [3.05, 3.63) is 85.6 Å². The van der Waals surface area contributed by atoms with Crippen LogP contribution in [-0.4, -0.2) is 47.3 Å². The maximum absolute atomic E-state index is 14.9. The number of imidazole rings is 1. The quantitative estimate of drug-likeness (QED) is 0.200. The number of rotatable bonds is 8. The number of hydrogen-bond donors (Lipinski definition) is 1. The van der Waals surface area contributed by atoms with Crippen LogP contribution in [0.3, 0.4) is 0 Å². The highest BCUT2D eigenvalue weighted by molar-refractivity contribution is 6.32. The molecule has 0 fully saturated rings. The molecule has 1 N–H and O–H groups in total. The third kappa shape index (κ3) is 6.43. The summed E-state index contributed by atoms with van der Waals surface area (Å²) in [5, 5.41) is 13.8. The van der Waals surface area contributed by atoms with Crippen LogP contribution in [0.2, 0.25) is 15.2 Å². The molecule has 2 heterocycles. The molecule has 0 amide bonds. The number of nitrogens with zero attached hydrogens (tertiary/aromatic N) is 5. The SMILES string of the molecule is CC(=O)O[C@@H](C)c1nc(Cn2c(Cl)c(-c3ccc(Cl)cc3)n(C[C@H](O)C(F)(F)F)c2=O)nn1-c1cccc(Cl)c1F. The molecule has 2 atom stereocenters. The first kappa shape index (κ1) is 30.6. The average molecular weight is 637 g/mol. The first-order valence-electron chi connectivity index (χ1n) is 11.8. The predicted octanol–water partition coefficient (Wildman–Crippen LogP) is 5.59. The fourth-order valence-corrected chi connectivity index (χ4v) is 4.64. The highest BCUT2D eigenvalue weighted by Crippen LogP contribution is 2.31. The van der Waals surface area contributed by atoms with Gasteiger partial charge in [0, 0.05) is 17.5 Å². The number of aromatic nitrogens is 5. The molecule has 0 spiro atoms. The van der Waals surface area contributed by atoms with Crippen LogP contribution in [0, 0.1) is 5.82 Å². The van der Waals surface area contributed by atoms with E-state index in [0.717, 1.165) is 16.2 Å². The fraction of sp³-hybridized carbons (Fsp3) is 0.280. The molecule has 2 aromatic carbocycles. The number of esters is 1. The zero-order valence-electron chi connectivity index (χ0n) is 21.2. The Bertz CT molecular complexity index is 1650. The van der Waals surface area contributed by atoms with Crippen molar-refractivity contribution in [2.75, 3.05) is 0 Å². The van der Waals surface area contributed by atoms with Crippen molar-refractivity contribution in [3.63, 3.8) is 0 Å². The molecule has 0 aliphatic carbocycles. The Morgan fingerprint density at radius 3 is 2.37 bits per heavy atom. The normalized spacial score (nSPS) is 13.3. The summed E-state index contributed by atoms with van der Waals surface area (Å²) in [6.45, 7) is 0.981. The van der Waals surface area contributed by atoms with E-state index in [4.69, 9.17) is 39.5 Å². The van der Waals surface area contributed by atoms with Crippen molar-refractivity contribution in [2.24, 2.45) is 0 Å². The Hall–Kier alpha value is -3.39. The van der Waals surface area contributed by atoms with Crippen molar-refractivity contribution in [3.8, 4) is 16.9 Å². The summed E-state index contributed by atoms with van der Waals surface area (Å²) in [5.74, 6) is -1.68. The van der Waals surface area contributed by atoms with Gasteiger partial charge < -0.3 is 9.84 Å². The zero-order valence-corrected chi connectivity index (χ0v) is 23.4. The van der Waals surface area contributed by atoms with Crippen LogP contribution in [0.15, 0.2) is 47.3 Å². The summed E-state index contributed by atoms with van der Waals surface area (Å²) in [6.07, 6.45) is -8.93. The number of ether oxygens (including phenoxy) is 1. The summed E-state index contributed by atoms with van der Waals surface area (Å²) >= 11 is 18.4. The van der Waals surface area contributed by atoms with E-state index in [-0.39, 0.29) is 38.8 Å². The number of aliphatic hydroxyl groups excluding tert-OH is 1. The summed E-state index contributed by atoms with van der Waals surface area (Å²) in [7, 11) is 0. The molecule has 2 aromatic heterocycles. The topological polar surface area (TPSA) is 104 Å². The van der Waals surface area contributed by atoms with Crippen LogP contribution in [0.25, 0.3) is 16.9 Å². The lowest BCUT2D eigenvalue weighted by Crippen LogP contribution is -2.37. The molecule has 0 aliphatic rings. The van der Waals surface area contributed by atoms with E-state index in [1.807, 2.05) is 0 Å².